The molecule has 0 fully saturated rings. The summed E-state index contributed by atoms with van der Waals surface area (Å²) >= 11 is 0. The van der Waals surface area contributed by atoms with Gasteiger partial charge in [0.25, 0.3) is 21.9 Å². The summed E-state index contributed by atoms with van der Waals surface area (Å²) in [4.78, 5) is 27.6. The summed E-state index contributed by atoms with van der Waals surface area (Å²) in [6, 6.07) is 15.5. The van der Waals surface area contributed by atoms with Crippen molar-refractivity contribution in [1.29, 1.82) is 0 Å². The predicted octanol–water partition coefficient (Wildman–Crippen LogP) is 0.659. The van der Waals surface area contributed by atoms with Crippen LogP contribution in [0.25, 0.3) is 0 Å². The quantitative estimate of drug-likeness (QED) is 0.0761. The number of nitrogens with one attached hydrogen (secondary N) is 3. The fourth-order valence-electron chi connectivity index (χ4n) is 2.73. The first-order valence-corrected chi connectivity index (χ1v) is 10.9. The van der Waals surface area contributed by atoms with Crippen molar-refractivity contribution in [1.82, 2.24) is 15.7 Å². The molecule has 0 aliphatic rings. The summed E-state index contributed by atoms with van der Waals surface area (Å²) in [5.74, 6) is 4.66. The van der Waals surface area contributed by atoms with Crippen LogP contribution < -0.4 is 22.0 Å². The number of nitrogen functional groups attached to an aromatic ring is 1. The molecule has 11 nitrogen and oxygen atoms in total. The summed E-state index contributed by atoms with van der Waals surface area (Å²) in [5, 5.41) is 6.66. The number of hydrogen-bond donors (Lipinski definition) is 5. The second-order valence-corrected chi connectivity index (χ2v) is 8.06. The number of aromatic nitrogens is 1. The first-order chi connectivity index (χ1) is 15.8. The van der Waals surface area contributed by atoms with Crippen LogP contribution in [0.4, 0.5) is 5.82 Å². The van der Waals surface area contributed by atoms with Crippen LogP contribution in [0.15, 0.2) is 76.9 Å². The standard InChI is InChI=1S/C21H20N6O5S.Na.H/c22-26-21(29)15-7-5-14(6-8-15)11-24-20(28)17-9-10-19(23-12-17)27-25-13-16-3-1-2-4-18(16)33(30,31)32;;/h1-10,12-13H,11,22H2,(H,23,27)(H,24,28)(H,26,29)(H,30,31,32);;/b25-13+;;. The average Bonchev–Trinajstić information content (AvgIpc) is 2.82. The number of benzene rings is 2. The number of hydrogen-bond acceptors (Lipinski definition) is 8. The van der Waals surface area contributed by atoms with E-state index in [0.29, 0.717) is 16.9 Å². The summed E-state index contributed by atoms with van der Waals surface area (Å²) in [6.45, 7) is 0.251. The Bertz CT molecular complexity index is 1280. The molecule has 1 aromatic heterocycles. The van der Waals surface area contributed by atoms with Gasteiger partial charge in [-0.05, 0) is 35.9 Å². The Morgan fingerprint density at radius 1 is 1.00 bits per heavy atom. The van der Waals surface area contributed by atoms with E-state index >= 15 is 0 Å². The maximum atomic E-state index is 12.3. The van der Waals surface area contributed by atoms with Crippen LogP contribution in [-0.2, 0) is 16.7 Å². The number of carbonyl (C=O) groups is 2. The van der Waals surface area contributed by atoms with Gasteiger partial charge in [0.05, 0.1) is 11.8 Å². The molecule has 172 valence electrons. The van der Waals surface area contributed by atoms with E-state index < -0.39 is 16.0 Å². The zero-order valence-electron chi connectivity index (χ0n) is 17.1. The molecule has 0 unspecified atom stereocenters. The Balaban J connectivity index is 0.00000408. The molecule has 3 aromatic rings. The van der Waals surface area contributed by atoms with E-state index in [-0.39, 0.29) is 52.5 Å². The van der Waals surface area contributed by atoms with Gasteiger partial charge in [-0.3, -0.25) is 25.0 Å². The molecule has 2 amide bonds. The van der Waals surface area contributed by atoms with E-state index in [1.807, 2.05) is 5.43 Å². The summed E-state index contributed by atoms with van der Waals surface area (Å²) in [7, 11) is -4.38. The van der Waals surface area contributed by atoms with Crippen LogP contribution in [0.1, 0.15) is 31.8 Å². The molecule has 0 saturated carbocycles. The van der Waals surface area contributed by atoms with Crippen LogP contribution in [-0.4, -0.2) is 65.5 Å². The average molecular weight is 492 g/mol. The molecular formula is C21H21N6NaO5S. The molecule has 0 radical (unpaired) electrons. The molecule has 13 heteroatoms. The van der Waals surface area contributed by atoms with E-state index in [4.69, 9.17) is 5.84 Å². The third-order valence-electron chi connectivity index (χ3n) is 4.41. The minimum atomic E-state index is -4.38. The fourth-order valence-corrected chi connectivity index (χ4v) is 3.40. The number of hydrazine groups is 1. The molecule has 34 heavy (non-hydrogen) atoms. The van der Waals surface area contributed by atoms with E-state index in [0.717, 1.165) is 5.56 Å². The number of nitrogens with zero attached hydrogens (tertiary/aromatic N) is 2. The van der Waals surface area contributed by atoms with Crippen molar-refractivity contribution in [2.24, 2.45) is 10.9 Å². The first kappa shape index (κ1) is 27.1. The van der Waals surface area contributed by atoms with Gasteiger partial charge in [-0.25, -0.2) is 10.8 Å². The predicted molar refractivity (Wildman–Crippen MR) is 128 cm³/mol. The molecule has 0 saturated heterocycles. The van der Waals surface area contributed by atoms with Crippen LogP contribution in [0, 0.1) is 0 Å². The Morgan fingerprint density at radius 2 is 1.68 bits per heavy atom. The van der Waals surface area contributed by atoms with Crippen molar-refractivity contribution in [2.75, 3.05) is 5.43 Å². The van der Waals surface area contributed by atoms with E-state index in [2.05, 4.69) is 20.8 Å². The Morgan fingerprint density at radius 3 is 2.29 bits per heavy atom. The zero-order valence-corrected chi connectivity index (χ0v) is 17.9. The molecule has 0 spiro atoms. The van der Waals surface area contributed by atoms with Gasteiger partial charge < -0.3 is 5.32 Å². The van der Waals surface area contributed by atoms with Crippen LogP contribution in [0.5, 0.6) is 0 Å². The van der Waals surface area contributed by atoms with Gasteiger partial charge in [0, 0.05) is 23.9 Å². The van der Waals surface area contributed by atoms with Crippen LogP contribution >= 0.6 is 0 Å². The van der Waals surface area contributed by atoms with E-state index in [9.17, 15) is 22.6 Å². The Hall–Kier alpha value is -3.13. The van der Waals surface area contributed by atoms with Gasteiger partial charge >= 0.3 is 29.6 Å². The molecule has 0 aliphatic heterocycles. The zero-order chi connectivity index (χ0) is 23.8. The van der Waals surface area contributed by atoms with E-state index in [1.165, 1.54) is 36.7 Å². The monoisotopic (exact) mass is 492 g/mol. The number of rotatable bonds is 8. The number of carbonyl (C=O) groups excluding carboxylic acids is 2. The molecule has 0 atom stereocenters. The van der Waals surface area contributed by atoms with Gasteiger partial charge in [0.2, 0.25) is 0 Å². The first-order valence-electron chi connectivity index (χ1n) is 9.47. The normalized spacial score (nSPS) is 10.9. The third-order valence-corrected chi connectivity index (χ3v) is 5.33. The Kier molecular flexibility index (Phi) is 9.86. The molecule has 6 N–H and O–H groups in total. The third kappa shape index (κ3) is 7.45. The molecule has 3 rings (SSSR count). The second-order valence-electron chi connectivity index (χ2n) is 6.67. The van der Waals surface area contributed by atoms with Gasteiger partial charge in [-0.2, -0.15) is 13.5 Å². The van der Waals surface area contributed by atoms with Crippen molar-refractivity contribution < 1.29 is 22.6 Å². The van der Waals surface area contributed by atoms with Gasteiger partial charge in [-0.1, -0.05) is 30.3 Å². The number of anilines is 1. The topological polar surface area (TPSA) is 176 Å². The van der Waals surface area contributed by atoms with Crippen molar-refractivity contribution in [3.8, 4) is 0 Å². The van der Waals surface area contributed by atoms with Crippen LogP contribution in [0.2, 0.25) is 0 Å². The SMILES string of the molecule is NNC(=O)c1ccc(CNC(=O)c2ccc(N/N=C/c3ccccc3S(=O)(=O)O)nc2)cc1.[NaH]. The summed E-state index contributed by atoms with van der Waals surface area (Å²) in [5.41, 5.74) is 6.38. The molecular weight excluding hydrogens is 471 g/mol. The van der Waals surface area contributed by atoms with Crippen molar-refractivity contribution in [3.05, 3.63) is 89.1 Å². The number of hydrazone groups is 1. The van der Waals surface area contributed by atoms with Crippen molar-refractivity contribution in [3.63, 3.8) is 0 Å². The Labute approximate surface area is 217 Å². The van der Waals surface area contributed by atoms with E-state index in [1.54, 1.807) is 36.4 Å². The van der Waals surface area contributed by atoms with Gasteiger partial charge in [-0.15, -0.1) is 0 Å². The maximum absolute atomic E-state index is 12.3. The molecule has 0 aliphatic carbocycles. The molecule has 1 heterocycles. The second kappa shape index (κ2) is 12.4. The molecule has 2 aromatic carbocycles. The molecule has 0 bridgehead atoms. The number of amides is 2. The van der Waals surface area contributed by atoms with Gasteiger partial charge in [0.15, 0.2) is 0 Å². The minimum absolute atomic E-state index is 0. The summed E-state index contributed by atoms with van der Waals surface area (Å²) in [6.07, 6.45) is 2.59. The van der Waals surface area contributed by atoms with Crippen molar-refractivity contribution >= 4 is 63.5 Å². The number of pyridine rings is 1. The van der Waals surface area contributed by atoms with Crippen LogP contribution in [0.3, 0.4) is 0 Å². The van der Waals surface area contributed by atoms with Gasteiger partial charge in [0.1, 0.15) is 10.7 Å². The van der Waals surface area contributed by atoms with Crippen molar-refractivity contribution in [2.45, 2.75) is 11.4 Å². The summed E-state index contributed by atoms with van der Waals surface area (Å²) < 4.78 is 32.0. The number of nitrogens with two attached hydrogens (primary N) is 1. The fraction of sp³-hybridized carbons (Fsp3) is 0.0476.